The van der Waals surface area contributed by atoms with Crippen molar-refractivity contribution in [3.63, 3.8) is 0 Å². The van der Waals surface area contributed by atoms with Crippen LogP contribution in [0.2, 0.25) is 0 Å². The highest BCUT2D eigenvalue weighted by molar-refractivity contribution is 8.01. The highest BCUT2D eigenvalue weighted by Gasteiger charge is 2.39. The zero-order valence-electron chi connectivity index (χ0n) is 13.8. The quantitative estimate of drug-likeness (QED) is 0.698. The predicted molar refractivity (Wildman–Crippen MR) is 92.4 cm³/mol. The number of hydrogen-bond donors (Lipinski definition) is 3. The molecule has 1 aliphatic heterocycles. The van der Waals surface area contributed by atoms with Crippen molar-refractivity contribution >= 4 is 35.7 Å². The van der Waals surface area contributed by atoms with Crippen molar-refractivity contribution in [3.8, 4) is 0 Å². The largest absolute Gasteiger partial charge is 0.465 e. The summed E-state index contributed by atoms with van der Waals surface area (Å²) in [5.41, 5.74) is 0.750. The summed E-state index contributed by atoms with van der Waals surface area (Å²) in [5, 5.41) is 14.9. The van der Waals surface area contributed by atoms with E-state index in [1.165, 1.54) is 7.05 Å². The second-order valence-corrected chi connectivity index (χ2v) is 7.83. The van der Waals surface area contributed by atoms with Gasteiger partial charge >= 0.3 is 6.09 Å². The molecular formula is C16H21N3O4S. The standard InChI is InChI=1S/C16H21N3O4S/c1-16(2)13(17-8-10(9-20)19(3)15(22)23)14(21)18-11-6-4-5-7-12(11)24-16/h4-7,9-10,13,17H,8H2,1-3H3,(H,18,21)(H,22,23)/t10-,13-/m0/s1. The molecule has 2 rings (SSSR count). The Kier molecular flexibility index (Phi) is 5.51. The Morgan fingerprint density at radius 1 is 1.50 bits per heavy atom. The molecule has 7 nitrogen and oxygen atoms in total. The van der Waals surface area contributed by atoms with E-state index < -0.39 is 22.9 Å². The third-order valence-electron chi connectivity index (χ3n) is 3.96. The molecule has 0 bridgehead atoms. The Balaban J connectivity index is 2.16. The van der Waals surface area contributed by atoms with Gasteiger partial charge in [-0.1, -0.05) is 12.1 Å². The van der Waals surface area contributed by atoms with Crippen LogP contribution < -0.4 is 10.6 Å². The number of likely N-dealkylation sites (N-methyl/N-ethyl adjacent to an activating group) is 1. The lowest BCUT2D eigenvalue weighted by molar-refractivity contribution is -0.119. The van der Waals surface area contributed by atoms with E-state index in [1.807, 2.05) is 38.1 Å². The van der Waals surface area contributed by atoms with Gasteiger partial charge in [-0.2, -0.15) is 0 Å². The number of carboxylic acid groups (broad SMARTS) is 1. The Hall–Kier alpha value is -2.06. The second-order valence-electron chi connectivity index (χ2n) is 6.13. The molecule has 0 radical (unpaired) electrons. The van der Waals surface area contributed by atoms with Crippen LogP contribution in [0.3, 0.4) is 0 Å². The first-order valence-corrected chi connectivity index (χ1v) is 8.31. The maximum atomic E-state index is 12.6. The zero-order valence-corrected chi connectivity index (χ0v) is 14.6. The molecular weight excluding hydrogens is 330 g/mol. The Morgan fingerprint density at radius 3 is 2.79 bits per heavy atom. The lowest BCUT2D eigenvalue weighted by Gasteiger charge is -2.32. The molecule has 0 aromatic heterocycles. The van der Waals surface area contributed by atoms with Gasteiger partial charge in [0.2, 0.25) is 5.91 Å². The van der Waals surface area contributed by atoms with Gasteiger partial charge in [0.25, 0.3) is 0 Å². The van der Waals surface area contributed by atoms with Gasteiger partial charge in [-0.15, -0.1) is 11.8 Å². The first-order chi connectivity index (χ1) is 11.3. The van der Waals surface area contributed by atoms with Crippen LogP contribution in [0, 0.1) is 0 Å². The highest BCUT2D eigenvalue weighted by Crippen LogP contribution is 2.41. The SMILES string of the molecule is CN(C(=O)O)[C@H](C=O)CN[C@H]1C(=O)Nc2ccccc2SC1(C)C. The fourth-order valence-corrected chi connectivity index (χ4v) is 3.77. The molecule has 0 unspecified atom stereocenters. The Labute approximate surface area is 144 Å². The van der Waals surface area contributed by atoms with Crippen LogP contribution in [0.15, 0.2) is 29.2 Å². The van der Waals surface area contributed by atoms with E-state index in [4.69, 9.17) is 5.11 Å². The average molecular weight is 351 g/mol. The van der Waals surface area contributed by atoms with Gasteiger partial charge in [0.05, 0.1) is 5.69 Å². The Bertz CT molecular complexity index is 650. The number of nitrogens with one attached hydrogen (secondary N) is 2. The van der Waals surface area contributed by atoms with E-state index in [0.29, 0.717) is 6.29 Å². The maximum Gasteiger partial charge on any atom is 0.407 e. The van der Waals surface area contributed by atoms with Crippen LogP contribution in [-0.4, -0.2) is 58.7 Å². The molecule has 1 aromatic rings. The number of amides is 2. The van der Waals surface area contributed by atoms with Gasteiger partial charge in [0, 0.05) is 23.2 Å². The number of fused-ring (bicyclic) bond motifs is 1. The van der Waals surface area contributed by atoms with Crippen molar-refractivity contribution in [1.29, 1.82) is 0 Å². The molecule has 8 heteroatoms. The number of carbonyl (C=O) groups excluding carboxylic acids is 2. The number of rotatable bonds is 5. The number of anilines is 1. The van der Waals surface area contributed by atoms with Crippen molar-refractivity contribution in [1.82, 2.24) is 10.2 Å². The summed E-state index contributed by atoms with van der Waals surface area (Å²) in [5.74, 6) is -0.208. The minimum Gasteiger partial charge on any atom is -0.465 e. The number of nitrogens with zero attached hydrogens (tertiary/aromatic N) is 1. The normalized spacial score (nSPS) is 20.3. The average Bonchev–Trinajstić information content (AvgIpc) is 2.61. The number of aldehydes is 1. The van der Waals surface area contributed by atoms with E-state index in [2.05, 4.69) is 10.6 Å². The van der Waals surface area contributed by atoms with Crippen LogP contribution in [0.5, 0.6) is 0 Å². The molecule has 0 fully saturated rings. The lowest BCUT2D eigenvalue weighted by atomic mass is 10.0. The molecule has 0 aliphatic carbocycles. The van der Waals surface area contributed by atoms with Crippen LogP contribution >= 0.6 is 11.8 Å². The van der Waals surface area contributed by atoms with E-state index in [0.717, 1.165) is 15.5 Å². The van der Waals surface area contributed by atoms with Crippen LogP contribution in [-0.2, 0) is 9.59 Å². The first kappa shape index (κ1) is 18.3. The van der Waals surface area contributed by atoms with E-state index in [-0.39, 0.29) is 12.5 Å². The number of hydrogen-bond acceptors (Lipinski definition) is 5. The summed E-state index contributed by atoms with van der Waals surface area (Å²) < 4.78 is -0.480. The minimum absolute atomic E-state index is 0.0602. The zero-order chi connectivity index (χ0) is 17.9. The fourth-order valence-electron chi connectivity index (χ4n) is 2.52. The molecule has 1 aromatic carbocycles. The van der Waals surface area contributed by atoms with Crippen molar-refractivity contribution < 1.29 is 19.5 Å². The summed E-state index contributed by atoms with van der Waals surface area (Å²) in [4.78, 5) is 36.6. The predicted octanol–water partition coefficient (Wildman–Crippen LogP) is 1.64. The third kappa shape index (κ3) is 3.88. The number of thioether (sulfide) groups is 1. The highest BCUT2D eigenvalue weighted by atomic mass is 32.2. The van der Waals surface area contributed by atoms with E-state index in [1.54, 1.807) is 11.8 Å². The van der Waals surface area contributed by atoms with Gasteiger partial charge in [-0.25, -0.2) is 4.79 Å². The van der Waals surface area contributed by atoms with Crippen molar-refractivity contribution in [2.45, 2.75) is 35.6 Å². The molecule has 1 heterocycles. The topological polar surface area (TPSA) is 98.7 Å². The lowest BCUT2D eigenvalue weighted by Crippen LogP contribution is -2.55. The number of para-hydroxylation sites is 1. The molecule has 0 saturated heterocycles. The van der Waals surface area contributed by atoms with Crippen molar-refractivity contribution in [3.05, 3.63) is 24.3 Å². The van der Waals surface area contributed by atoms with Gasteiger partial charge in [-0.05, 0) is 26.0 Å². The molecule has 1 aliphatic rings. The minimum atomic E-state index is -1.19. The van der Waals surface area contributed by atoms with Crippen molar-refractivity contribution in [2.75, 3.05) is 18.9 Å². The first-order valence-electron chi connectivity index (χ1n) is 7.49. The van der Waals surface area contributed by atoms with Gasteiger partial charge in [-0.3, -0.25) is 4.79 Å². The van der Waals surface area contributed by atoms with Gasteiger partial charge < -0.3 is 25.4 Å². The molecule has 2 atom stereocenters. The van der Waals surface area contributed by atoms with Gasteiger partial charge in [0.1, 0.15) is 18.4 Å². The number of carbonyl (C=O) groups is 3. The molecule has 130 valence electrons. The summed E-state index contributed by atoms with van der Waals surface area (Å²) in [6.45, 7) is 3.94. The molecule has 2 amide bonds. The molecule has 24 heavy (non-hydrogen) atoms. The fraction of sp³-hybridized carbons (Fsp3) is 0.438. The van der Waals surface area contributed by atoms with Crippen LogP contribution in [0.4, 0.5) is 10.5 Å². The van der Waals surface area contributed by atoms with Gasteiger partial charge in [0.15, 0.2) is 0 Å². The van der Waals surface area contributed by atoms with E-state index in [9.17, 15) is 14.4 Å². The number of benzene rings is 1. The van der Waals surface area contributed by atoms with Crippen LogP contribution in [0.1, 0.15) is 13.8 Å². The summed E-state index contributed by atoms with van der Waals surface area (Å²) in [7, 11) is 1.33. The van der Waals surface area contributed by atoms with Crippen molar-refractivity contribution in [2.24, 2.45) is 0 Å². The molecule has 0 saturated carbocycles. The summed E-state index contributed by atoms with van der Waals surface area (Å²) in [6, 6.07) is 6.10. The Morgan fingerprint density at radius 2 is 2.17 bits per heavy atom. The summed E-state index contributed by atoms with van der Waals surface area (Å²) in [6.07, 6.45) is -0.634. The molecule has 0 spiro atoms. The van der Waals surface area contributed by atoms with E-state index >= 15 is 0 Å². The monoisotopic (exact) mass is 351 g/mol. The third-order valence-corrected chi connectivity index (χ3v) is 5.30. The maximum absolute atomic E-state index is 12.6. The summed E-state index contributed by atoms with van der Waals surface area (Å²) >= 11 is 1.56. The van der Waals surface area contributed by atoms with Crippen LogP contribution in [0.25, 0.3) is 0 Å². The molecule has 3 N–H and O–H groups in total. The smallest absolute Gasteiger partial charge is 0.407 e. The second kappa shape index (κ2) is 7.23.